The number of thiophene rings is 1. The van der Waals surface area contributed by atoms with Gasteiger partial charge >= 0.3 is 0 Å². The summed E-state index contributed by atoms with van der Waals surface area (Å²) < 4.78 is 2.09. The van der Waals surface area contributed by atoms with E-state index in [1.807, 2.05) is 46.7 Å². The van der Waals surface area contributed by atoms with E-state index in [2.05, 4.69) is 40.3 Å². The number of carbonyl (C=O) groups excluding carboxylic acids is 1. The molecule has 30 heavy (non-hydrogen) atoms. The first-order valence-corrected chi connectivity index (χ1v) is 11.2. The van der Waals surface area contributed by atoms with Crippen molar-refractivity contribution in [2.45, 2.75) is 32.7 Å². The smallest absolute Gasteiger partial charge is 0.264 e. The summed E-state index contributed by atoms with van der Waals surface area (Å²) in [7, 11) is 0. The van der Waals surface area contributed by atoms with Crippen LogP contribution in [0.4, 0.5) is 5.95 Å². The lowest BCUT2D eigenvalue weighted by Crippen LogP contribution is -2.54. The average molecular weight is 421 g/mol. The second-order valence-electron chi connectivity index (χ2n) is 8.07. The van der Waals surface area contributed by atoms with Crippen molar-refractivity contribution in [3.8, 4) is 0 Å². The first kappa shape index (κ1) is 19.0. The number of piperazine rings is 1. The van der Waals surface area contributed by atoms with Gasteiger partial charge in [0, 0.05) is 37.0 Å². The van der Waals surface area contributed by atoms with Crippen molar-refractivity contribution >= 4 is 39.7 Å². The molecule has 0 radical (unpaired) electrons. The van der Waals surface area contributed by atoms with E-state index in [1.54, 1.807) is 0 Å². The highest BCUT2D eigenvalue weighted by atomic mass is 32.1. The third-order valence-corrected chi connectivity index (χ3v) is 6.53. The lowest BCUT2D eigenvalue weighted by molar-refractivity contribution is 0.0678. The van der Waals surface area contributed by atoms with Crippen molar-refractivity contribution in [3.63, 3.8) is 0 Å². The van der Waals surface area contributed by atoms with Gasteiger partial charge in [-0.2, -0.15) is 0 Å². The van der Waals surface area contributed by atoms with E-state index in [0.717, 1.165) is 39.7 Å². The number of benzene rings is 1. The van der Waals surface area contributed by atoms with Crippen LogP contribution in [-0.4, -0.2) is 56.1 Å². The molecule has 5 rings (SSSR count). The van der Waals surface area contributed by atoms with E-state index < -0.39 is 0 Å². The Morgan fingerprint density at radius 3 is 2.70 bits per heavy atom. The van der Waals surface area contributed by atoms with Crippen LogP contribution in [0, 0.1) is 0 Å². The minimum Gasteiger partial charge on any atom is -0.338 e. The summed E-state index contributed by atoms with van der Waals surface area (Å²) in [5.41, 5.74) is 1.75. The van der Waals surface area contributed by atoms with Crippen molar-refractivity contribution in [1.29, 1.82) is 0 Å². The minimum atomic E-state index is 0.0793. The van der Waals surface area contributed by atoms with Crippen LogP contribution in [0.1, 0.15) is 42.2 Å². The van der Waals surface area contributed by atoms with Crippen molar-refractivity contribution in [2.24, 2.45) is 0 Å². The molecule has 0 bridgehead atoms. The molecule has 0 spiro atoms. The number of rotatable bonds is 3. The summed E-state index contributed by atoms with van der Waals surface area (Å²) >= 11 is 1.50. The van der Waals surface area contributed by atoms with Gasteiger partial charge in [-0.1, -0.05) is 32.0 Å². The maximum atomic E-state index is 12.9. The first-order valence-electron chi connectivity index (χ1n) is 10.3. The lowest BCUT2D eigenvalue weighted by Gasteiger charge is -2.40. The zero-order valence-electron chi connectivity index (χ0n) is 17.3. The average Bonchev–Trinajstić information content (AvgIpc) is 3.43. The molecule has 1 saturated heterocycles. The van der Waals surface area contributed by atoms with Gasteiger partial charge < -0.3 is 9.80 Å². The van der Waals surface area contributed by atoms with Crippen molar-refractivity contribution in [1.82, 2.24) is 24.5 Å². The van der Waals surface area contributed by atoms with Crippen LogP contribution in [0.25, 0.3) is 16.6 Å². The molecule has 1 aromatic carbocycles. The molecule has 1 unspecified atom stereocenters. The Balaban J connectivity index is 1.54. The van der Waals surface area contributed by atoms with E-state index in [1.165, 1.54) is 11.3 Å². The van der Waals surface area contributed by atoms with Crippen molar-refractivity contribution < 1.29 is 4.79 Å². The highest BCUT2D eigenvalue weighted by Crippen LogP contribution is 2.28. The fraction of sp³-hybridized carbons (Fsp3) is 0.364. The summed E-state index contributed by atoms with van der Waals surface area (Å²) in [6, 6.07) is 12.0. The number of fused-ring (bicyclic) bond motifs is 3. The number of carbonyl (C=O) groups is 1. The molecule has 1 fully saturated rings. The number of hydrogen-bond acceptors (Lipinski definition) is 6. The lowest BCUT2D eigenvalue weighted by atomic mass is 10.1. The molecule has 0 N–H and O–H groups in total. The number of hydrogen-bond donors (Lipinski definition) is 0. The van der Waals surface area contributed by atoms with Gasteiger partial charge in [-0.25, -0.2) is 9.38 Å². The molecule has 1 aliphatic heterocycles. The van der Waals surface area contributed by atoms with Crippen molar-refractivity contribution in [2.75, 3.05) is 24.5 Å². The molecule has 7 nitrogen and oxygen atoms in total. The molecule has 4 aromatic rings. The zero-order chi connectivity index (χ0) is 20.8. The fourth-order valence-corrected chi connectivity index (χ4v) is 4.83. The molecule has 0 aliphatic carbocycles. The topological polar surface area (TPSA) is 66.6 Å². The standard InChI is InChI=1S/C22H24N6OS/c1-14(2)19-24-25-20-16-7-4-5-8-17(16)23-22(28(19)20)26-10-11-27(15(3)13-26)21(29)18-9-6-12-30-18/h4-9,12,14-15H,10-11,13H2,1-3H3. The van der Waals surface area contributed by atoms with Crippen LogP contribution in [0.2, 0.25) is 0 Å². The van der Waals surface area contributed by atoms with Gasteiger partial charge in [0.2, 0.25) is 5.95 Å². The number of para-hydroxylation sites is 1. The third-order valence-electron chi connectivity index (χ3n) is 5.67. The van der Waals surface area contributed by atoms with Gasteiger partial charge in [-0.15, -0.1) is 21.5 Å². The zero-order valence-corrected chi connectivity index (χ0v) is 18.1. The van der Waals surface area contributed by atoms with Crippen LogP contribution >= 0.6 is 11.3 Å². The summed E-state index contributed by atoms with van der Waals surface area (Å²) in [4.78, 5) is 22.9. The predicted octanol–water partition coefficient (Wildman–Crippen LogP) is 3.81. The number of amides is 1. The molecule has 1 amide bonds. The highest BCUT2D eigenvalue weighted by Gasteiger charge is 2.31. The monoisotopic (exact) mass is 420 g/mol. The Hall–Kier alpha value is -3.00. The van der Waals surface area contributed by atoms with E-state index in [-0.39, 0.29) is 17.9 Å². The normalized spacial score (nSPS) is 17.4. The van der Waals surface area contributed by atoms with Gasteiger partial charge in [-0.3, -0.25) is 4.79 Å². The largest absolute Gasteiger partial charge is 0.338 e. The number of anilines is 1. The fourth-order valence-electron chi connectivity index (χ4n) is 4.15. The quantitative estimate of drug-likeness (QED) is 0.504. The van der Waals surface area contributed by atoms with Crippen LogP contribution in [-0.2, 0) is 0 Å². The SMILES string of the molecule is CC(C)c1nnc2c3ccccc3nc(N3CCN(C(=O)c4cccs4)C(C)C3)n12. The van der Waals surface area contributed by atoms with E-state index in [4.69, 9.17) is 4.98 Å². The molecular formula is C22H24N6OS. The van der Waals surface area contributed by atoms with E-state index in [0.29, 0.717) is 13.1 Å². The Morgan fingerprint density at radius 2 is 1.97 bits per heavy atom. The highest BCUT2D eigenvalue weighted by molar-refractivity contribution is 7.12. The molecule has 1 atom stereocenters. The van der Waals surface area contributed by atoms with Crippen LogP contribution in [0.3, 0.4) is 0 Å². The maximum Gasteiger partial charge on any atom is 0.264 e. The summed E-state index contributed by atoms with van der Waals surface area (Å²) in [5.74, 6) is 2.09. The summed E-state index contributed by atoms with van der Waals surface area (Å²) in [5, 5.41) is 11.9. The molecule has 8 heteroatoms. The van der Waals surface area contributed by atoms with E-state index in [9.17, 15) is 4.79 Å². The van der Waals surface area contributed by atoms with Gasteiger partial charge in [0.1, 0.15) is 5.82 Å². The second kappa shape index (κ2) is 7.36. The molecule has 154 valence electrons. The minimum absolute atomic E-state index is 0.0793. The number of nitrogens with zero attached hydrogens (tertiary/aromatic N) is 6. The summed E-state index contributed by atoms with van der Waals surface area (Å²) in [6.07, 6.45) is 0. The third kappa shape index (κ3) is 3.02. The second-order valence-corrected chi connectivity index (χ2v) is 9.02. The molecule has 0 saturated carbocycles. The molecule has 3 aromatic heterocycles. The predicted molar refractivity (Wildman–Crippen MR) is 119 cm³/mol. The Bertz CT molecular complexity index is 1220. The maximum absolute atomic E-state index is 12.9. The van der Waals surface area contributed by atoms with Gasteiger partial charge in [0.05, 0.1) is 10.4 Å². The molecule has 1 aliphatic rings. The van der Waals surface area contributed by atoms with Crippen LogP contribution < -0.4 is 4.90 Å². The Morgan fingerprint density at radius 1 is 1.13 bits per heavy atom. The van der Waals surface area contributed by atoms with Gasteiger partial charge in [0.15, 0.2) is 5.65 Å². The molecule has 4 heterocycles. The molecular weight excluding hydrogens is 396 g/mol. The van der Waals surface area contributed by atoms with Gasteiger partial charge in [-0.05, 0) is 30.5 Å². The van der Waals surface area contributed by atoms with Gasteiger partial charge in [0.25, 0.3) is 5.91 Å². The van der Waals surface area contributed by atoms with Crippen molar-refractivity contribution in [3.05, 3.63) is 52.5 Å². The van der Waals surface area contributed by atoms with E-state index >= 15 is 0 Å². The Kier molecular flexibility index (Phi) is 4.66. The first-order chi connectivity index (χ1) is 14.5. The Labute approximate surface area is 179 Å². The van der Waals surface area contributed by atoms with Crippen LogP contribution in [0.5, 0.6) is 0 Å². The summed E-state index contributed by atoms with van der Waals surface area (Å²) in [6.45, 7) is 8.44. The number of aromatic nitrogens is 4. The van der Waals surface area contributed by atoms with Crippen LogP contribution in [0.15, 0.2) is 41.8 Å².